The summed E-state index contributed by atoms with van der Waals surface area (Å²) in [6.07, 6.45) is 1.72. The SMILES string of the molecule is Cc1cc(C)c(-c2cc(C(=O)Nc3ccc(S(=O)(=O)N4CCC(C)CC4)cc3)[nH]n2)c(O)c1. The summed E-state index contributed by atoms with van der Waals surface area (Å²) in [6, 6.07) is 11.3. The van der Waals surface area contributed by atoms with Crippen LogP contribution >= 0.6 is 0 Å². The van der Waals surface area contributed by atoms with Crippen LogP contribution in [0.1, 0.15) is 41.4 Å². The third-order valence-corrected chi connectivity index (χ3v) is 7.94. The monoisotopic (exact) mass is 468 g/mol. The summed E-state index contributed by atoms with van der Waals surface area (Å²) in [5.41, 5.74) is 3.51. The molecule has 1 aliphatic rings. The molecule has 1 amide bonds. The molecular weight excluding hydrogens is 440 g/mol. The standard InChI is InChI=1S/C24H28N4O4S/c1-15-8-10-28(11-9-15)33(31,32)19-6-4-18(5-7-19)25-24(30)21-14-20(26-27-21)23-17(3)12-16(2)13-22(23)29/h4-7,12-15,29H,8-11H2,1-3H3,(H,25,30)(H,26,27). The molecule has 1 fully saturated rings. The number of aromatic nitrogens is 2. The van der Waals surface area contributed by atoms with E-state index in [4.69, 9.17) is 0 Å². The van der Waals surface area contributed by atoms with Gasteiger partial charge in [-0.25, -0.2) is 8.42 Å². The van der Waals surface area contributed by atoms with Crippen LogP contribution in [0, 0.1) is 19.8 Å². The third-order valence-electron chi connectivity index (χ3n) is 6.03. The number of carbonyl (C=O) groups is 1. The van der Waals surface area contributed by atoms with Crippen molar-refractivity contribution in [1.82, 2.24) is 14.5 Å². The number of anilines is 1. The van der Waals surface area contributed by atoms with Crippen LogP contribution in [0.2, 0.25) is 0 Å². The van der Waals surface area contributed by atoms with E-state index in [0.717, 1.165) is 24.0 Å². The van der Waals surface area contributed by atoms with Gasteiger partial charge >= 0.3 is 0 Å². The Balaban J connectivity index is 1.47. The number of aromatic amines is 1. The number of phenols is 1. The first-order chi connectivity index (χ1) is 15.6. The minimum absolute atomic E-state index is 0.103. The van der Waals surface area contributed by atoms with Gasteiger partial charge in [-0.05, 0) is 80.1 Å². The zero-order valence-electron chi connectivity index (χ0n) is 18.9. The van der Waals surface area contributed by atoms with Gasteiger partial charge in [-0.3, -0.25) is 9.89 Å². The topological polar surface area (TPSA) is 115 Å². The number of sulfonamides is 1. The van der Waals surface area contributed by atoms with E-state index < -0.39 is 15.9 Å². The van der Waals surface area contributed by atoms with Crippen molar-refractivity contribution in [2.45, 2.75) is 38.5 Å². The van der Waals surface area contributed by atoms with Crippen LogP contribution in [0.5, 0.6) is 5.75 Å². The molecule has 0 spiro atoms. The number of nitrogens with one attached hydrogen (secondary N) is 2. The fraction of sp³-hybridized carbons (Fsp3) is 0.333. The molecule has 0 atom stereocenters. The molecule has 33 heavy (non-hydrogen) atoms. The van der Waals surface area contributed by atoms with Crippen molar-refractivity contribution in [1.29, 1.82) is 0 Å². The van der Waals surface area contributed by atoms with E-state index in [0.29, 0.717) is 36.0 Å². The average molecular weight is 469 g/mol. The highest BCUT2D eigenvalue weighted by Gasteiger charge is 2.28. The number of hydrogen-bond acceptors (Lipinski definition) is 5. The molecular formula is C24H28N4O4S. The Kier molecular flexibility index (Phi) is 6.27. The van der Waals surface area contributed by atoms with Gasteiger partial charge in [0.1, 0.15) is 11.4 Å². The Bertz CT molecular complexity index is 1250. The van der Waals surface area contributed by atoms with Crippen LogP contribution in [0.15, 0.2) is 47.4 Å². The first-order valence-corrected chi connectivity index (χ1v) is 12.4. The summed E-state index contributed by atoms with van der Waals surface area (Å²) in [5, 5.41) is 19.9. The van der Waals surface area contributed by atoms with Crippen molar-refractivity contribution in [2.24, 2.45) is 5.92 Å². The molecule has 2 aromatic carbocycles. The molecule has 9 heteroatoms. The summed E-state index contributed by atoms with van der Waals surface area (Å²) < 4.78 is 27.3. The number of aryl methyl sites for hydroxylation is 2. The fourth-order valence-corrected chi connectivity index (χ4v) is 5.60. The quantitative estimate of drug-likeness (QED) is 0.522. The molecule has 3 N–H and O–H groups in total. The average Bonchev–Trinajstić information content (AvgIpc) is 3.23. The Morgan fingerprint density at radius 1 is 1.12 bits per heavy atom. The zero-order valence-corrected chi connectivity index (χ0v) is 19.7. The maximum atomic E-state index is 12.9. The third kappa shape index (κ3) is 4.79. The highest BCUT2D eigenvalue weighted by molar-refractivity contribution is 7.89. The van der Waals surface area contributed by atoms with Gasteiger partial charge < -0.3 is 10.4 Å². The molecule has 3 aromatic rings. The van der Waals surface area contributed by atoms with E-state index in [1.54, 1.807) is 24.3 Å². The van der Waals surface area contributed by atoms with E-state index >= 15 is 0 Å². The molecule has 8 nitrogen and oxygen atoms in total. The van der Waals surface area contributed by atoms with Crippen molar-refractivity contribution in [3.8, 4) is 17.0 Å². The van der Waals surface area contributed by atoms with Gasteiger partial charge in [0.25, 0.3) is 5.91 Å². The van der Waals surface area contributed by atoms with E-state index in [9.17, 15) is 18.3 Å². The number of benzene rings is 2. The minimum atomic E-state index is -3.54. The van der Waals surface area contributed by atoms with Gasteiger partial charge in [0.2, 0.25) is 10.0 Å². The molecule has 0 bridgehead atoms. The van der Waals surface area contributed by atoms with E-state index in [-0.39, 0.29) is 16.3 Å². The smallest absolute Gasteiger partial charge is 0.273 e. The number of piperidine rings is 1. The first-order valence-electron chi connectivity index (χ1n) is 10.9. The summed E-state index contributed by atoms with van der Waals surface area (Å²) >= 11 is 0. The molecule has 1 aliphatic heterocycles. The van der Waals surface area contributed by atoms with Crippen LogP contribution in [0.3, 0.4) is 0 Å². The first kappa shape index (κ1) is 23.0. The Morgan fingerprint density at radius 3 is 2.42 bits per heavy atom. The predicted octanol–water partition coefficient (Wildman–Crippen LogP) is 4.07. The Morgan fingerprint density at radius 2 is 1.79 bits per heavy atom. The van der Waals surface area contributed by atoms with E-state index in [2.05, 4.69) is 22.4 Å². The zero-order chi connectivity index (χ0) is 23.8. The Hall–Kier alpha value is -3.17. The molecule has 174 valence electrons. The summed E-state index contributed by atoms with van der Waals surface area (Å²) in [7, 11) is -3.54. The number of nitrogens with zero attached hydrogens (tertiary/aromatic N) is 2. The fourth-order valence-electron chi connectivity index (χ4n) is 4.13. The maximum absolute atomic E-state index is 12.9. The van der Waals surface area contributed by atoms with Crippen LogP contribution in [-0.2, 0) is 10.0 Å². The second-order valence-electron chi connectivity index (χ2n) is 8.71. The lowest BCUT2D eigenvalue weighted by molar-refractivity contribution is 0.102. The van der Waals surface area contributed by atoms with Crippen molar-refractivity contribution in [3.63, 3.8) is 0 Å². The van der Waals surface area contributed by atoms with Crippen molar-refractivity contribution < 1.29 is 18.3 Å². The predicted molar refractivity (Wildman–Crippen MR) is 127 cm³/mol. The normalized spacial score (nSPS) is 15.5. The number of aromatic hydroxyl groups is 1. The molecule has 0 radical (unpaired) electrons. The lowest BCUT2D eigenvalue weighted by atomic mass is 10.0. The molecule has 4 rings (SSSR count). The van der Waals surface area contributed by atoms with Gasteiger partial charge in [-0.2, -0.15) is 9.40 Å². The minimum Gasteiger partial charge on any atom is -0.507 e. The van der Waals surface area contributed by atoms with Gasteiger partial charge in [-0.15, -0.1) is 0 Å². The highest BCUT2D eigenvalue weighted by atomic mass is 32.2. The Labute approximate surface area is 193 Å². The van der Waals surface area contributed by atoms with Crippen molar-refractivity contribution in [2.75, 3.05) is 18.4 Å². The van der Waals surface area contributed by atoms with Gasteiger partial charge in [0.05, 0.1) is 10.6 Å². The molecule has 1 saturated heterocycles. The number of phenolic OH excluding ortho intramolecular Hbond substituents is 1. The highest BCUT2D eigenvalue weighted by Crippen LogP contribution is 2.32. The van der Waals surface area contributed by atoms with Crippen LogP contribution in [-0.4, -0.2) is 47.0 Å². The van der Waals surface area contributed by atoms with E-state index in [1.165, 1.54) is 16.4 Å². The van der Waals surface area contributed by atoms with Crippen LogP contribution in [0.25, 0.3) is 11.3 Å². The number of hydrogen-bond donors (Lipinski definition) is 3. The van der Waals surface area contributed by atoms with Crippen LogP contribution in [0.4, 0.5) is 5.69 Å². The summed E-state index contributed by atoms with van der Waals surface area (Å²) in [4.78, 5) is 12.9. The summed E-state index contributed by atoms with van der Waals surface area (Å²) in [5.74, 6) is 0.223. The summed E-state index contributed by atoms with van der Waals surface area (Å²) in [6.45, 7) is 6.95. The molecule has 1 aromatic heterocycles. The molecule has 2 heterocycles. The van der Waals surface area contributed by atoms with Crippen LogP contribution < -0.4 is 5.32 Å². The molecule has 0 unspecified atom stereocenters. The molecule has 0 saturated carbocycles. The lowest BCUT2D eigenvalue weighted by Crippen LogP contribution is -2.37. The molecule has 0 aliphatic carbocycles. The second-order valence-corrected chi connectivity index (χ2v) is 10.6. The number of rotatable bonds is 5. The van der Waals surface area contributed by atoms with Gasteiger partial charge in [0.15, 0.2) is 0 Å². The van der Waals surface area contributed by atoms with Gasteiger partial charge in [0, 0.05) is 24.3 Å². The largest absolute Gasteiger partial charge is 0.507 e. The number of H-pyrrole nitrogens is 1. The second kappa shape index (κ2) is 8.99. The lowest BCUT2D eigenvalue weighted by Gasteiger charge is -2.29. The van der Waals surface area contributed by atoms with Gasteiger partial charge in [-0.1, -0.05) is 13.0 Å². The number of amides is 1. The maximum Gasteiger partial charge on any atom is 0.273 e. The van der Waals surface area contributed by atoms with E-state index in [1.807, 2.05) is 19.9 Å². The number of carbonyl (C=O) groups excluding carboxylic acids is 1. The van der Waals surface area contributed by atoms with Crippen molar-refractivity contribution in [3.05, 3.63) is 59.3 Å². The van der Waals surface area contributed by atoms with Crippen molar-refractivity contribution >= 4 is 21.6 Å².